The van der Waals surface area contributed by atoms with Crippen molar-refractivity contribution in [3.8, 4) is 0 Å². The fraction of sp³-hybridized carbons (Fsp3) is 0.538. The van der Waals surface area contributed by atoms with Gasteiger partial charge in [0.25, 0.3) is 5.91 Å². The maximum absolute atomic E-state index is 12.3. The van der Waals surface area contributed by atoms with Crippen LogP contribution in [0.15, 0.2) is 12.1 Å². The molecule has 1 amide bonds. The fourth-order valence-electron chi connectivity index (χ4n) is 2.40. The number of carbonyl (C=O) groups is 1. The largest absolute Gasteiger partial charge is 0.339 e. The van der Waals surface area contributed by atoms with Gasteiger partial charge in [0.05, 0.1) is 5.56 Å². The maximum Gasteiger partial charge on any atom is 0.256 e. The summed E-state index contributed by atoms with van der Waals surface area (Å²) in [7, 11) is 1.84. The van der Waals surface area contributed by atoms with Crippen LogP contribution in [-0.2, 0) is 0 Å². The zero-order valence-corrected chi connectivity index (χ0v) is 11.8. The zero-order valence-electron chi connectivity index (χ0n) is 10.3. The molecule has 2 rings (SSSR count). The van der Waals surface area contributed by atoms with E-state index in [1.807, 2.05) is 7.05 Å². The van der Waals surface area contributed by atoms with Crippen molar-refractivity contribution in [3.05, 3.63) is 28.0 Å². The van der Waals surface area contributed by atoms with Crippen LogP contribution in [0.25, 0.3) is 0 Å². The summed E-state index contributed by atoms with van der Waals surface area (Å²) >= 11 is 11.7. The number of hydrogen-bond acceptors (Lipinski definition) is 2. The van der Waals surface area contributed by atoms with Gasteiger partial charge in [0.1, 0.15) is 10.3 Å². The minimum absolute atomic E-state index is 0.0731. The van der Waals surface area contributed by atoms with Crippen molar-refractivity contribution in [1.82, 2.24) is 9.88 Å². The summed E-state index contributed by atoms with van der Waals surface area (Å²) in [5.74, 6) is -0.0731. The average molecular weight is 287 g/mol. The number of hydrogen-bond donors (Lipinski definition) is 0. The first-order chi connectivity index (χ1) is 8.59. The van der Waals surface area contributed by atoms with Gasteiger partial charge in [0, 0.05) is 13.1 Å². The summed E-state index contributed by atoms with van der Waals surface area (Å²) in [6.07, 6.45) is 5.79. The molecule has 1 saturated carbocycles. The molecule has 0 radical (unpaired) electrons. The van der Waals surface area contributed by atoms with Crippen molar-refractivity contribution < 1.29 is 4.79 Å². The first kappa shape index (κ1) is 13.6. The Morgan fingerprint density at radius 3 is 2.56 bits per heavy atom. The van der Waals surface area contributed by atoms with Crippen LogP contribution in [0.3, 0.4) is 0 Å². The molecule has 0 bridgehead atoms. The summed E-state index contributed by atoms with van der Waals surface area (Å²) in [6.45, 7) is 0. The Balaban J connectivity index is 2.14. The van der Waals surface area contributed by atoms with Crippen LogP contribution >= 0.6 is 23.2 Å². The molecule has 0 aliphatic heterocycles. The first-order valence-electron chi connectivity index (χ1n) is 6.19. The molecule has 1 aliphatic rings. The monoisotopic (exact) mass is 286 g/mol. The molecule has 98 valence electrons. The molecule has 0 N–H and O–H groups in total. The summed E-state index contributed by atoms with van der Waals surface area (Å²) < 4.78 is 0. The number of pyridine rings is 1. The van der Waals surface area contributed by atoms with Crippen molar-refractivity contribution >= 4 is 29.1 Å². The summed E-state index contributed by atoms with van der Waals surface area (Å²) in [5, 5.41) is 0.479. The Morgan fingerprint density at radius 1 is 1.28 bits per heavy atom. The smallest absolute Gasteiger partial charge is 0.256 e. The van der Waals surface area contributed by atoms with Crippen molar-refractivity contribution in [3.63, 3.8) is 0 Å². The molecule has 5 heteroatoms. The van der Waals surface area contributed by atoms with Gasteiger partial charge in [0.15, 0.2) is 0 Å². The van der Waals surface area contributed by atoms with Gasteiger partial charge in [-0.1, -0.05) is 42.5 Å². The predicted octanol–water partition coefficient (Wildman–Crippen LogP) is 3.79. The topological polar surface area (TPSA) is 33.2 Å². The van der Waals surface area contributed by atoms with E-state index in [0.717, 1.165) is 12.8 Å². The van der Waals surface area contributed by atoms with Crippen LogP contribution < -0.4 is 0 Å². The second-order valence-electron chi connectivity index (χ2n) is 4.68. The molecule has 18 heavy (non-hydrogen) atoms. The number of halogens is 2. The number of aromatic nitrogens is 1. The molecule has 1 aromatic heterocycles. The van der Waals surface area contributed by atoms with E-state index in [4.69, 9.17) is 23.2 Å². The van der Waals surface area contributed by atoms with Gasteiger partial charge in [-0.3, -0.25) is 4.79 Å². The third-order valence-corrected chi connectivity index (χ3v) is 3.99. The standard InChI is InChI=1S/C13H16Cl2N2O/c1-17(9-5-3-2-4-6-9)13(18)10-7-8-11(14)16-12(10)15/h7-9H,2-6H2,1H3. The van der Waals surface area contributed by atoms with Crippen molar-refractivity contribution in [2.75, 3.05) is 7.05 Å². The van der Waals surface area contributed by atoms with E-state index >= 15 is 0 Å². The lowest BCUT2D eigenvalue weighted by molar-refractivity contribution is 0.0696. The van der Waals surface area contributed by atoms with E-state index < -0.39 is 0 Å². The predicted molar refractivity (Wildman–Crippen MR) is 73.2 cm³/mol. The van der Waals surface area contributed by atoms with Crippen molar-refractivity contribution in [2.24, 2.45) is 0 Å². The normalized spacial score (nSPS) is 16.6. The van der Waals surface area contributed by atoms with Gasteiger partial charge in [-0.2, -0.15) is 0 Å². The molecule has 1 aliphatic carbocycles. The van der Waals surface area contributed by atoms with Crippen LogP contribution in [-0.4, -0.2) is 28.9 Å². The van der Waals surface area contributed by atoms with Crippen molar-refractivity contribution in [1.29, 1.82) is 0 Å². The molecular weight excluding hydrogens is 271 g/mol. The zero-order chi connectivity index (χ0) is 13.1. The SMILES string of the molecule is CN(C(=O)c1ccc(Cl)nc1Cl)C1CCCCC1. The van der Waals surface area contributed by atoms with Crippen LogP contribution in [0.1, 0.15) is 42.5 Å². The van der Waals surface area contributed by atoms with Crippen LogP contribution in [0.4, 0.5) is 0 Å². The molecule has 0 spiro atoms. The van der Waals surface area contributed by atoms with Gasteiger partial charge in [-0.05, 0) is 25.0 Å². The second kappa shape index (κ2) is 5.89. The molecule has 1 heterocycles. The molecule has 1 aromatic rings. The first-order valence-corrected chi connectivity index (χ1v) is 6.94. The summed E-state index contributed by atoms with van der Waals surface area (Å²) in [4.78, 5) is 18.0. The van der Waals surface area contributed by atoms with Crippen LogP contribution in [0.2, 0.25) is 10.3 Å². The lowest BCUT2D eigenvalue weighted by atomic mass is 9.94. The van der Waals surface area contributed by atoms with E-state index in [1.165, 1.54) is 19.3 Å². The minimum Gasteiger partial charge on any atom is -0.339 e. The summed E-state index contributed by atoms with van der Waals surface area (Å²) in [6, 6.07) is 3.55. The lowest BCUT2D eigenvalue weighted by Gasteiger charge is -2.31. The molecule has 0 saturated heterocycles. The molecule has 0 atom stereocenters. The van der Waals surface area contributed by atoms with Gasteiger partial charge >= 0.3 is 0 Å². The molecule has 0 unspecified atom stereocenters. The third-order valence-electron chi connectivity index (χ3n) is 3.49. The van der Waals surface area contributed by atoms with E-state index in [1.54, 1.807) is 17.0 Å². The molecule has 1 fully saturated rings. The van der Waals surface area contributed by atoms with Crippen LogP contribution in [0.5, 0.6) is 0 Å². The molecule has 0 aromatic carbocycles. The minimum atomic E-state index is -0.0731. The van der Waals surface area contributed by atoms with E-state index in [9.17, 15) is 4.79 Å². The molecule has 3 nitrogen and oxygen atoms in total. The Kier molecular flexibility index (Phi) is 4.46. The number of nitrogens with zero attached hydrogens (tertiary/aromatic N) is 2. The third kappa shape index (κ3) is 2.96. The highest BCUT2D eigenvalue weighted by molar-refractivity contribution is 6.34. The second-order valence-corrected chi connectivity index (χ2v) is 5.43. The maximum atomic E-state index is 12.3. The highest BCUT2D eigenvalue weighted by atomic mass is 35.5. The van der Waals surface area contributed by atoms with E-state index in [-0.39, 0.29) is 11.1 Å². The highest BCUT2D eigenvalue weighted by Gasteiger charge is 2.24. The Bertz CT molecular complexity index is 445. The quantitative estimate of drug-likeness (QED) is 0.775. The Morgan fingerprint density at radius 2 is 1.94 bits per heavy atom. The lowest BCUT2D eigenvalue weighted by Crippen LogP contribution is -2.38. The van der Waals surface area contributed by atoms with E-state index in [2.05, 4.69) is 4.98 Å². The number of rotatable bonds is 2. The number of carbonyl (C=O) groups excluding carboxylic acids is 1. The average Bonchev–Trinajstić information content (AvgIpc) is 2.38. The van der Waals surface area contributed by atoms with Gasteiger partial charge in [-0.25, -0.2) is 4.98 Å². The van der Waals surface area contributed by atoms with Crippen molar-refractivity contribution in [2.45, 2.75) is 38.1 Å². The van der Waals surface area contributed by atoms with Gasteiger partial charge in [-0.15, -0.1) is 0 Å². The van der Waals surface area contributed by atoms with E-state index in [0.29, 0.717) is 16.8 Å². The number of amides is 1. The fourth-order valence-corrected chi connectivity index (χ4v) is 2.82. The molecular formula is C13H16Cl2N2O. The Hall–Kier alpha value is -0.800. The summed E-state index contributed by atoms with van der Waals surface area (Å²) in [5.41, 5.74) is 0.425. The Labute approximate surface area is 117 Å². The van der Waals surface area contributed by atoms with Gasteiger partial charge < -0.3 is 4.90 Å². The van der Waals surface area contributed by atoms with Crippen LogP contribution in [0, 0.1) is 0 Å². The highest BCUT2D eigenvalue weighted by Crippen LogP contribution is 2.24. The van der Waals surface area contributed by atoms with Gasteiger partial charge in [0.2, 0.25) is 0 Å².